The maximum Gasteiger partial charge on any atom is 0.472 e. The number of aliphatic hydroxyl groups excluding tert-OH is 2. The van der Waals surface area contributed by atoms with Crippen LogP contribution in [0, 0.1) is 0 Å². The zero-order valence-corrected chi connectivity index (χ0v) is 33.7. The lowest BCUT2D eigenvalue weighted by molar-refractivity contribution is -0.0695. The van der Waals surface area contributed by atoms with Gasteiger partial charge in [-0.2, -0.15) is 0 Å². The van der Waals surface area contributed by atoms with Crippen LogP contribution >= 0.6 is 15.6 Å². The summed E-state index contributed by atoms with van der Waals surface area (Å²) in [6, 6.07) is 0.937. The lowest BCUT2D eigenvalue weighted by Crippen LogP contribution is -2.39. The van der Waals surface area contributed by atoms with Gasteiger partial charge in [-0.1, -0.05) is 41.5 Å². The Morgan fingerprint density at radius 3 is 1.66 bits per heavy atom. The van der Waals surface area contributed by atoms with Gasteiger partial charge >= 0.3 is 21.3 Å². The fourth-order valence-electron chi connectivity index (χ4n) is 6.11. The molecule has 23 nitrogen and oxygen atoms in total. The third kappa shape index (κ3) is 11.1. The van der Waals surface area contributed by atoms with Crippen LogP contribution in [0.5, 0.6) is 0 Å². The molecule has 0 spiro atoms. The molecule has 56 heavy (non-hydrogen) atoms. The first-order valence-electron chi connectivity index (χ1n) is 18.2. The third-order valence-electron chi connectivity index (χ3n) is 9.39. The van der Waals surface area contributed by atoms with Crippen molar-refractivity contribution in [1.82, 2.24) is 38.9 Å². The molecule has 10 atom stereocenters. The van der Waals surface area contributed by atoms with Crippen molar-refractivity contribution in [2.24, 2.45) is 0 Å². The number of hydrogen-bond acceptors (Lipinski definition) is 17. The standard InChI is InChI=1S/C19H22N6O15P2.2C6H15N/c26-9-1-2-24(19(30)23-9)17-13-11(27)7(37-17)3-35-42(33,34)40-14-12(28)8(4-36-41(31,32)39-13)38-18(14)25-6-22-10-15(25)20-5-21-16(10)29;2*1-4-7(5-2)6-3/h1-2,5-8,11-14,17-18,27-28H,3-4H2,(H,31,32)(H,33,34)(H,20,21,29)(H,23,26,30);2*4-6H2,1-3H3/t7-,8-,11-,12-,13-,14-,17-,18-;;/m1../s1. The quantitative estimate of drug-likeness (QED) is 0.161. The summed E-state index contributed by atoms with van der Waals surface area (Å²) in [6.07, 6.45) is -10.2. The van der Waals surface area contributed by atoms with E-state index in [-0.39, 0.29) is 11.2 Å². The Labute approximate surface area is 321 Å². The molecule has 0 radical (unpaired) electrons. The second-order valence-corrected chi connectivity index (χ2v) is 15.4. The Balaban J connectivity index is 0.000000425. The van der Waals surface area contributed by atoms with E-state index in [1.54, 1.807) is 0 Å². The lowest BCUT2D eigenvalue weighted by atomic mass is 10.1. The molecule has 6 heterocycles. The van der Waals surface area contributed by atoms with Crippen molar-refractivity contribution in [3.05, 3.63) is 56.1 Å². The van der Waals surface area contributed by atoms with Gasteiger partial charge < -0.3 is 44.3 Å². The Bertz CT molecular complexity index is 1960. The molecule has 0 amide bonds. The number of aromatic nitrogens is 6. The van der Waals surface area contributed by atoms with Crippen molar-refractivity contribution in [3.63, 3.8) is 0 Å². The molecule has 3 aromatic heterocycles. The van der Waals surface area contributed by atoms with Crippen LogP contribution in [0.4, 0.5) is 0 Å². The number of ether oxygens (including phenoxy) is 2. The number of hydrogen-bond donors (Lipinski definition) is 6. The number of imidazole rings is 1. The van der Waals surface area contributed by atoms with E-state index in [2.05, 4.69) is 66.3 Å². The molecule has 2 unspecified atom stereocenters. The van der Waals surface area contributed by atoms with E-state index in [1.165, 1.54) is 39.3 Å². The summed E-state index contributed by atoms with van der Waals surface area (Å²) in [5.41, 5.74) is -2.58. The molecule has 0 aliphatic carbocycles. The van der Waals surface area contributed by atoms with E-state index in [1.807, 2.05) is 4.98 Å². The molecular formula is C31H52N8O15P2. The summed E-state index contributed by atoms with van der Waals surface area (Å²) in [6.45, 7) is 18.5. The van der Waals surface area contributed by atoms with Gasteiger partial charge in [0.25, 0.3) is 11.1 Å². The molecule has 316 valence electrons. The number of H-pyrrole nitrogens is 2. The van der Waals surface area contributed by atoms with E-state index in [4.69, 9.17) is 27.6 Å². The molecular weight excluding hydrogens is 786 g/mol. The molecule has 3 fully saturated rings. The maximum absolute atomic E-state index is 13.0. The highest BCUT2D eigenvalue weighted by atomic mass is 31.2. The van der Waals surface area contributed by atoms with Crippen molar-refractivity contribution < 1.29 is 56.7 Å². The molecule has 4 bridgehead atoms. The van der Waals surface area contributed by atoms with Gasteiger partial charge in [0.05, 0.1) is 25.9 Å². The van der Waals surface area contributed by atoms with Crippen LogP contribution in [0.15, 0.2) is 39.3 Å². The van der Waals surface area contributed by atoms with Crippen LogP contribution in [0.3, 0.4) is 0 Å². The van der Waals surface area contributed by atoms with Crippen LogP contribution in [0.2, 0.25) is 0 Å². The smallest absolute Gasteiger partial charge is 0.387 e. The van der Waals surface area contributed by atoms with Gasteiger partial charge in [-0.15, -0.1) is 0 Å². The van der Waals surface area contributed by atoms with E-state index < -0.39 is 94.7 Å². The Hall–Kier alpha value is -2.99. The summed E-state index contributed by atoms with van der Waals surface area (Å²) in [5.74, 6) is 0. The highest BCUT2D eigenvalue weighted by Crippen LogP contribution is 2.53. The van der Waals surface area contributed by atoms with Gasteiger partial charge in [-0.05, 0) is 39.3 Å². The van der Waals surface area contributed by atoms with Gasteiger partial charge in [0.2, 0.25) is 0 Å². The fourth-order valence-corrected chi connectivity index (χ4v) is 7.97. The number of rotatable bonds is 8. The number of phosphoric acid groups is 2. The number of aromatic amines is 2. The maximum atomic E-state index is 13.0. The largest absolute Gasteiger partial charge is 0.472 e. The monoisotopic (exact) mass is 838 g/mol. The minimum Gasteiger partial charge on any atom is -0.387 e. The lowest BCUT2D eigenvalue weighted by Gasteiger charge is -2.26. The second kappa shape index (κ2) is 20.1. The van der Waals surface area contributed by atoms with Crippen LogP contribution in [-0.4, -0.2) is 148 Å². The number of nitrogens with one attached hydrogen (secondary N) is 2. The highest BCUT2D eigenvalue weighted by molar-refractivity contribution is 7.47. The average Bonchev–Trinajstić information content (AvgIpc) is 3.82. The minimum absolute atomic E-state index is 0.0498. The molecule has 3 aromatic rings. The van der Waals surface area contributed by atoms with Crippen LogP contribution in [0.1, 0.15) is 54.0 Å². The molecule has 0 aromatic carbocycles. The average molecular weight is 839 g/mol. The van der Waals surface area contributed by atoms with Crippen molar-refractivity contribution in [3.8, 4) is 0 Å². The second-order valence-electron chi connectivity index (χ2n) is 12.6. The zero-order chi connectivity index (χ0) is 41.4. The first-order valence-corrected chi connectivity index (χ1v) is 21.2. The van der Waals surface area contributed by atoms with Gasteiger partial charge in [0, 0.05) is 12.3 Å². The fraction of sp³-hybridized carbons (Fsp3) is 0.710. The Morgan fingerprint density at radius 1 is 0.768 bits per heavy atom. The van der Waals surface area contributed by atoms with Gasteiger partial charge in [-0.25, -0.2) is 23.9 Å². The number of fused-ring (bicyclic) bond motifs is 5. The topological polar surface area (TPSA) is 295 Å². The van der Waals surface area contributed by atoms with Crippen LogP contribution in [0.25, 0.3) is 11.2 Å². The normalized spacial score (nSPS) is 32.1. The van der Waals surface area contributed by atoms with Crippen molar-refractivity contribution in [1.29, 1.82) is 0 Å². The molecule has 3 aliphatic heterocycles. The molecule has 6 rings (SSSR count). The summed E-state index contributed by atoms with van der Waals surface area (Å²) < 4.78 is 59.5. The van der Waals surface area contributed by atoms with E-state index in [9.17, 15) is 43.5 Å². The minimum atomic E-state index is -5.12. The van der Waals surface area contributed by atoms with Crippen LogP contribution < -0.4 is 16.8 Å². The Morgan fingerprint density at radius 2 is 1.23 bits per heavy atom. The molecule has 3 saturated heterocycles. The molecule has 25 heteroatoms. The molecule has 6 N–H and O–H groups in total. The van der Waals surface area contributed by atoms with Gasteiger partial charge in [0.1, 0.15) is 36.6 Å². The van der Waals surface area contributed by atoms with Gasteiger partial charge in [-0.3, -0.25) is 41.8 Å². The summed E-state index contributed by atoms with van der Waals surface area (Å²) in [4.78, 5) is 73.9. The number of phosphoric ester groups is 2. The number of nitrogens with zero attached hydrogens (tertiary/aromatic N) is 6. The number of aliphatic hydroxyl groups is 2. The molecule has 3 aliphatic rings. The van der Waals surface area contributed by atoms with Crippen molar-refractivity contribution in [2.45, 2.75) is 90.6 Å². The predicted octanol–water partition coefficient (Wildman–Crippen LogP) is -0.0994. The van der Waals surface area contributed by atoms with Crippen molar-refractivity contribution >= 4 is 26.8 Å². The first kappa shape index (κ1) is 45.7. The van der Waals surface area contributed by atoms with E-state index in [0.29, 0.717) is 0 Å². The summed E-state index contributed by atoms with van der Waals surface area (Å²) >= 11 is 0. The van der Waals surface area contributed by atoms with E-state index in [0.717, 1.165) is 34.1 Å². The SMILES string of the molecule is CCN(CC)CC.CCN(CC)CC.O=c1ccn([C@@H]2O[C@@H]3COP(=O)(O)O[C@@H]4[C@H](O)[C@@H](COP(=O)(O)O[C@@H]2[C@@H]3O)O[C@H]4n2cnc3c(=O)[nH]cnc32)c(=O)[nH]1. The third-order valence-corrected chi connectivity index (χ3v) is 11.4. The van der Waals surface area contributed by atoms with E-state index >= 15 is 0 Å². The van der Waals surface area contributed by atoms with Crippen molar-refractivity contribution in [2.75, 3.05) is 52.5 Å². The Kier molecular flexibility index (Phi) is 16.4. The predicted molar refractivity (Wildman–Crippen MR) is 198 cm³/mol. The first-order chi connectivity index (χ1) is 26.5. The summed E-state index contributed by atoms with van der Waals surface area (Å²) in [5, 5.41) is 21.8. The molecule has 0 saturated carbocycles. The van der Waals surface area contributed by atoms with Gasteiger partial charge in [0.15, 0.2) is 23.6 Å². The zero-order valence-electron chi connectivity index (χ0n) is 31.9. The van der Waals surface area contributed by atoms with Crippen LogP contribution in [-0.2, 0) is 36.7 Å². The highest BCUT2D eigenvalue weighted by Gasteiger charge is 2.53. The summed E-state index contributed by atoms with van der Waals surface area (Å²) in [7, 11) is -10.2.